The number of hydrogen-bond acceptors (Lipinski definition) is 5. The zero-order chi connectivity index (χ0) is 20.4. The third-order valence-corrected chi connectivity index (χ3v) is 4.82. The van der Waals surface area contributed by atoms with Crippen LogP contribution in [0.2, 0.25) is 10.0 Å². The Bertz CT molecular complexity index is 1040. The fraction of sp³-hybridized carbons (Fsp3) is 0.235. The Labute approximate surface area is 170 Å². The molecule has 3 aromatic rings. The van der Waals surface area contributed by atoms with Crippen LogP contribution in [0.25, 0.3) is 0 Å². The Hall–Kier alpha value is -2.91. The summed E-state index contributed by atoms with van der Waals surface area (Å²) in [6, 6.07) is 6.86. The number of aryl methyl sites for hydroxylation is 1. The largest absolute Gasteiger partial charge is 0.312 e. The van der Waals surface area contributed by atoms with Crippen molar-refractivity contribution in [1.82, 2.24) is 19.6 Å². The molecule has 0 bridgehead atoms. The van der Waals surface area contributed by atoms with E-state index < -0.39 is 10.8 Å². The fourth-order valence-corrected chi connectivity index (χ4v) is 3.30. The van der Waals surface area contributed by atoms with Crippen molar-refractivity contribution in [1.29, 1.82) is 0 Å². The number of aromatic nitrogens is 4. The average Bonchev–Trinajstić information content (AvgIpc) is 3.15. The topological polar surface area (TPSA) is 108 Å². The SMILES string of the molecule is Cc1nn(CC(=O)Nc2ccn(Cc3c(Cl)cccc3Cl)n2)c(C)c1[N+](=O)[O-]. The third kappa shape index (κ3) is 4.15. The van der Waals surface area contributed by atoms with Crippen LogP contribution in [0.4, 0.5) is 11.5 Å². The second kappa shape index (κ2) is 7.99. The summed E-state index contributed by atoms with van der Waals surface area (Å²) in [6.45, 7) is 3.26. The molecular formula is C17H16Cl2N6O3. The van der Waals surface area contributed by atoms with Crippen LogP contribution in [-0.2, 0) is 17.9 Å². The molecule has 146 valence electrons. The quantitative estimate of drug-likeness (QED) is 0.482. The van der Waals surface area contributed by atoms with Gasteiger partial charge in [-0.2, -0.15) is 10.2 Å². The molecule has 0 saturated heterocycles. The Kier molecular flexibility index (Phi) is 5.66. The van der Waals surface area contributed by atoms with Crippen molar-refractivity contribution in [3.8, 4) is 0 Å². The molecule has 1 N–H and O–H groups in total. The van der Waals surface area contributed by atoms with E-state index in [9.17, 15) is 14.9 Å². The van der Waals surface area contributed by atoms with Crippen molar-refractivity contribution < 1.29 is 9.72 Å². The summed E-state index contributed by atoms with van der Waals surface area (Å²) in [7, 11) is 0. The molecule has 0 spiro atoms. The van der Waals surface area contributed by atoms with Gasteiger partial charge in [-0.15, -0.1) is 0 Å². The van der Waals surface area contributed by atoms with Crippen molar-refractivity contribution in [2.45, 2.75) is 26.9 Å². The lowest BCUT2D eigenvalue weighted by molar-refractivity contribution is -0.386. The van der Waals surface area contributed by atoms with Crippen LogP contribution in [0, 0.1) is 24.0 Å². The van der Waals surface area contributed by atoms with Gasteiger partial charge in [0.2, 0.25) is 5.91 Å². The van der Waals surface area contributed by atoms with Gasteiger partial charge in [0.1, 0.15) is 17.9 Å². The van der Waals surface area contributed by atoms with Crippen LogP contribution in [0.15, 0.2) is 30.5 Å². The van der Waals surface area contributed by atoms with E-state index in [0.29, 0.717) is 28.1 Å². The highest BCUT2D eigenvalue weighted by molar-refractivity contribution is 6.35. The maximum absolute atomic E-state index is 12.3. The number of nitro groups is 1. The number of carbonyl (C=O) groups excluding carboxylic acids is 1. The van der Waals surface area contributed by atoms with Crippen LogP contribution < -0.4 is 5.32 Å². The van der Waals surface area contributed by atoms with Gasteiger partial charge < -0.3 is 5.32 Å². The Balaban J connectivity index is 1.68. The van der Waals surface area contributed by atoms with Gasteiger partial charge in [-0.05, 0) is 26.0 Å². The van der Waals surface area contributed by atoms with E-state index >= 15 is 0 Å². The molecule has 1 aromatic carbocycles. The first-order valence-corrected chi connectivity index (χ1v) is 8.96. The highest BCUT2D eigenvalue weighted by Crippen LogP contribution is 2.25. The minimum atomic E-state index is -0.506. The van der Waals surface area contributed by atoms with Gasteiger partial charge in [-0.3, -0.25) is 24.3 Å². The van der Waals surface area contributed by atoms with Crippen molar-refractivity contribution in [3.05, 3.63) is 67.6 Å². The molecule has 0 radical (unpaired) electrons. The molecule has 0 aliphatic heterocycles. The molecule has 0 aliphatic rings. The summed E-state index contributed by atoms with van der Waals surface area (Å²) >= 11 is 12.3. The lowest BCUT2D eigenvalue weighted by atomic mass is 10.2. The molecule has 9 nitrogen and oxygen atoms in total. The second-order valence-corrected chi connectivity index (χ2v) is 6.90. The van der Waals surface area contributed by atoms with Crippen LogP contribution in [0.3, 0.4) is 0 Å². The van der Waals surface area contributed by atoms with E-state index in [2.05, 4.69) is 15.5 Å². The van der Waals surface area contributed by atoms with Gasteiger partial charge in [-0.25, -0.2) is 0 Å². The van der Waals surface area contributed by atoms with Gasteiger partial charge >= 0.3 is 5.69 Å². The van der Waals surface area contributed by atoms with Crippen LogP contribution in [0.1, 0.15) is 17.0 Å². The second-order valence-electron chi connectivity index (χ2n) is 6.08. The molecule has 11 heteroatoms. The number of carbonyl (C=O) groups is 1. The lowest BCUT2D eigenvalue weighted by Crippen LogP contribution is -2.20. The minimum absolute atomic E-state index is 0.0892. The van der Waals surface area contributed by atoms with Crippen molar-refractivity contribution in [2.75, 3.05) is 5.32 Å². The number of amides is 1. The summed E-state index contributed by atoms with van der Waals surface area (Å²) in [5, 5.41) is 23.1. The van der Waals surface area contributed by atoms with Crippen molar-refractivity contribution in [3.63, 3.8) is 0 Å². The maximum atomic E-state index is 12.3. The van der Waals surface area contributed by atoms with Gasteiger partial charge in [-0.1, -0.05) is 29.3 Å². The highest BCUT2D eigenvalue weighted by atomic mass is 35.5. The molecule has 3 rings (SSSR count). The van der Waals surface area contributed by atoms with Gasteiger partial charge in [0, 0.05) is 27.9 Å². The molecule has 0 unspecified atom stereocenters. The van der Waals surface area contributed by atoms with E-state index in [1.165, 1.54) is 11.6 Å². The zero-order valence-corrected chi connectivity index (χ0v) is 16.5. The van der Waals surface area contributed by atoms with E-state index in [4.69, 9.17) is 23.2 Å². The smallest absolute Gasteiger partial charge is 0.308 e. The van der Waals surface area contributed by atoms with Crippen LogP contribution in [0.5, 0.6) is 0 Å². The number of anilines is 1. The molecule has 0 saturated carbocycles. The summed E-state index contributed by atoms with van der Waals surface area (Å²) in [6.07, 6.45) is 1.68. The first-order valence-electron chi connectivity index (χ1n) is 8.21. The van der Waals surface area contributed by atoms with E-state index in [1.54, 1.807) is 42.1 Å². The third-order valence-electron chi connectivity index (χ3n) is 4.11. The van der Waals surface area contributed by atoms with Crippen LogP contribution >= 0.6 is 23.2 Å². The summed E-state index contributed by atoms with van der Waals surface area (Å²) < 4.78 is 2.89. The minimum Gasteiger partial charge on any atom is -0.308 e. The van der Waals surface area contributed by atoms with E-state index in [0.717, 1.165) is 5.56 Å². The Morgan fingerprint density at radius 1 is 1.21 bits per heavy atom. The number of benzene rings is 1. The van der Waals surface area contributed by atoms with Crippen LogP contribution in [-0.4, -0.2) is 30.4 Å². The maximum Gasteiger partial charge on any atom is 0.312 e. The highest BCUT2D eigenvalue weighted by Gasteiger charge is 2.22. The summed E-state index contributed by atoms with van der Waals surface area (Å²) in [5.41, 5.74) is 1.21. The predicted molar refractivity (Wildman–Crippen MR) is 105 cm³/mol. The molecule has 0 fully saturated rings. The summed E-state index contributed by atoms with van der Waals surface area (Å²) in [5.74, 6) is -0.0641. The van der Waals surface area contributed by atoms with Gasteiger partial charge in [0.15, 0.2) is 5.82 Å². The summed E-state index contributed by atoms with van der Waals surface area (Å²) in [4.78, 5) is 22.8. The van der Waals surface area contributed by atoms with Gasteiger partial charge in [0.05, 0.1) is 11.5 Å². The van der Waals surface area contributed by atoms with E-state index in [1.807, 2.05) is 0 Å². The van der Waals surface area contributed by atoms with Crippen molar-refractivity contribution >= 4 is 40.6 Å². The first-order chi connectivity index (χ1) is 13.3. The number of nitrogens with one attached hydrogen (secondary N) is 1. The number of rotatable bonds is 6. The lowest BCUT2D eigenvalue weighted by Gasteiger charge is -2.07. The predicted octanol–water partition coefficient (Wildman–Crippen LogP) is 3.60. The number of hydrogen-bond donors (Lipinski definition) is 1. The normalized spacial score (nSPS) is 10.9. The molecule has 2 aromatic heterocycles. The molecular weight excluding hydrogens is 407 g/mol. The zero-order valence-electron chi connectivity index (χ0n) is 15.0. The monoisotopic (exact) mass is 422 g/mol. The van der Waals surface area contributed by atoms with Crippen molar-refractivity contribution in [2.24, 2.45) is 0 Å². The molecule has 2 heterocycles. The Morgan fingerprint density at radius 2 is 1.89 bits per heavy atom. The number of halogens is 2. The van der Waals surface area contributed by atoms with Gasteiger partial charge in [0.25, 0.3) is 0 Å². The average molecular weight is 423 g/mol. The molecule has 0 aliphatic carbocycles. The Morgan fingerprint density at radius 3 is 2.50 bits per heavy atom. The first kappa shape index (κ1) is 19.8. The molecule has 1 amide bonds. The van der Waals surface area contributed by atoms with E-state index in [-0.39, 0.29) is 17.9 Å². The standard InChI is InChI=1S/C17H16Cl2N6O3/c1-10-17(25(27)28)11(2)24(21-10)9-16(26)20-15-6-7-23(22-15)8-12-13(18)4-3-5-14(12)19/h3-7H,8-9H2,1-2H3,(H,20,22,26). The molecule has 28 heavy (non-hydrogen) atoms. The molecule has 0 atom stereocenters. The fourth-order valence-electron chi connectivity index (χ4n) is 2.79. The number of nitrogens with zero attached hydrogens (tertiary/aromatic N) is 5.